The van der Waals surface area contributed by atoms with Crippen LogP contribution in [0.5, 0.6) is 5.75 Å². The SMILES string of the molecule is O=C1OC(c2ccccc2)=NC1=Cc1ccc(OCc2cccc(F)c2)cc1. The van der Waals surface area contributed by atoms with Gasteiger partial charge in [-0.3, -0.25) is 0 Å². The Kier molecular flexibility index (Phi) is 4.97. The van der Waals surface area contributed by atoms with Gasteiger partial charge in [0.15, 0.2) is 5.70 Å². The Balaban J connectivity index is 1.45. The standard InChI is InChI=1S/C23H16FNO3/c24-19-8-4-5-17(13-19)15-27-20-11-9-16(10-12-20)14-21-23(26)28-22(25-21)18-6-2-1-3-7-18/h1-14H,15H2. The molecule has 0 radical (unpaired) electrons. The summed E-state index contributed by atoms with van der Waals surface area (Å²) in [4.78, 5) is 16.3. The fourth-order valence-corrected chi connectivity index (χ4v) is 2.72. The van der Waals surface area contributed by atoms with Crippen LogP contribution in [-0.4, -0.2) is 11.9 Å². The van der Waals surface area contributed by atoms with Crippen LogP contribution in [0.1, 0.15) is 16.7 Å². The lowest BCUT2D eigenvalue weighted by Crippen LogP contribution is -2.04. The van der Waals surface area contributed by atoms with E-state index in [1.54, 1.807) is 30.3 Å². The van der Waals surface area contributed by atoms with E-state index >= 15 is 0 Å². The fraction of sp³-hybridized carbons (Fsp3) is 0.0435. The number of aliphatic imine (C=N–C) groups is 1. The molecule has 0 atom stereocenters. The minimum Gasteiger partial charge on any atom is -0.489 e. The molecule has 0 saturated heterocycles. The van der Waals surface area contributed by atoms with E-state index in [1.807, 2.05) is 42.5 Å². The van der Waals surface area contributed by atoms with Crippen molar-refractivity contribution < 1.29 is 18.7 Å². The van der Waals surface area contributed by atoms with E-state index in [0.29, 0.717) is 11.6 Å². The van der Waals surface area contributed by atoms with Gasteiger partial charge in [-0.2, -0.15) is 0 Å². The first kappa shape index (κ1) is 17.7. The Morgan fingerprint density at radius 2 is 1.75 bits per heavy atom. The van der Waals surface area contributed by atoms with Crippen LogP contribution in [0, 0.1) is 5.82 Å². The number of cyclic esters (lactones) is 1. The van der Waals surface area contributed by atoms with Crippen LogP contribution in [-0.2, 0) is 16.1 Å². The molecule has 1 heterocycles. The molecule has 5 heteroatoms. The molecule has 4 rings (SSSR count). The van der Waals surface area contributed by atoms with Crippen molar-refractivity contribution in [1.82, 2.24) is 0 Å². The number of hydrogen-bond donors (Lipinski definition) is 0. The van der Waals surface area contributed by atoms with Crippen LogP contribution in [0.2, 0.25) is 0 Å². The van der Waals surface area contributed by atoms with Gasteiger partial charge in [0.05, 0.1) is 0 Å². The molecular formula is C23H16FNO3. The van der Waals surface area contributed by atoms with Gasteiger partial charge in [0, 0.05) is 5.56 Å². The highest BCUT2D eigenvalue weighted by molar-refractivity contribution is 6.12. The average molecular weight is 373 g/mol. The van der Waals surface area contributed by atoms with Crippen molar-refractivity contribution in [2.75, 3.05) is 0 Å². The third-order valence-corrected chi connectivity index (χ3v) is 4.12. The van der Waals surface area contributed by atoms with Crippen molar-refractivity contribution in [2.45, 2.75) is 6.61 Å². The Morgan fingerprint density at radius 3 is 2.50 bits per heavy atom. The predicted molar refractivity (Wildman–Crippen MR) is 104 cm³/mol. The molecule has 1 aliphatic heterocycles. The summed E-state index contributed by atoms with van der Waals surface area (Å²) < 4.78 is 24.1. The Bertz CT molecular complexity index is 1060. The van der Waals surface area contributed by atoms with Gasteiger partial charge in [-0.15, -0.1) is 0 Å². The normalized spacial score (nSPS) is 14.7. The highest BCUT2D eigenvalue weighted by Gasteiger charge is 2.23. The summed E-state index contributed by atoms with van der Waals surface area (Å²) in [6, 6.07) is 22.7. The molecule has 0 spiro atoms. The van der Waals surface area contributed by atoms with Gasteiger partial charge >= 0.3 is 5.97 Å². The molecule has 0 bridgehead atoms. The van der Waals surface area contributed by atoms with Crippen molar-refractivity contribution in [3.8, 4) is 5.75 Å². The lowest BCUT2D eigenvalue weighted by Gasteiger charge is -2.06. The number of ether oxygens (including phenoxy) is 2. The molecule has 0 saturated carbocycles. The largest absolute Gasteiger partial charge is 0.489 e. The number of carbonyl (C=O) groups excluding carboxylic acids is 1. The van der Waals surface area contributed by atoms with E-state index in [2.05, 4.69) is 4.99 Å². The highest BCUT2D eigenvalue weighted by Crippen LogP contribution is 2.21. The third kappa shape index (κ3) is 4.15. The molecule has 0 N–H and O–H groups in total. The number of esters is 1. The second kappa shape index (κ2) is 7.88. The van der Waals surface area contributed by atoms with E-state index < -0.39 is 5.97 Å². The van der Waals surface area contributed by atoms with Crippen molar-refractivity contribution in [3.05, 3.63) is 107 Å². The second-order valence-corrected chi connectivity index (χ2v) is 6.19. The van der Waals surface area contributed by atoms with E-state index in [-0.39, 0.29) is 18.1 Å². The van der Waals surface area contributed by atoms with Crippen molar-refractivity contribution >= 4 is 17.9 Å². The zero-order valence-corrected chi connectivity index (χ0v) is 14.8. The molecule has 3 aromatic rings. The molecule has 4 nitrogen and oxygen atoms in total. The monoisotopic (exact) mass is 373 g/mol. The van der Waals surface area contributed by atoms with Crippen LogP contribution in [0.25, 0.3) is 6.08 Å². The van der Waals surface area contributed by atoms with Crippen molar-refractivity contribution in [1.29, 1.82) is 0 Å². The van der Waals surface area contributed by atoms with E-state index in [0.717, 1.165) is 16.7 Å². The summed E-state index contributed by atoms with van der Waals surface area (Å²) in [7, 11) is 0. The van der Waals surface area contributed by atoms with Crippen LogP contribution < -0.4 is 4.74 Å². The maximum absolute atomic E-state index is 13.2. The smallest absolute Gasteiger partial charge is 0.363 e. The molecule has 0 aromatic heterocycles. The zero-order valence-electron chi connectivity index (χ0n) is 14.8. The van der Waals surface area contributed by atoms with Crippen LogP contribution in [0.15, 0.2) is 89.6 Å². The van der Waals surface area contributed by atoms with Gasteiger partial charge in [-0.05, 0) is 53.6 Å². The maximum atomic E-state index is 13.2. The quantitative estimate of drug-likeness (QED) is 0.479. The van der Waals surface area contributed by atoms with E-state index in [4.69, 9.17) is 9.47 Å². The molecule has 3 aromatic carbocycles. The maximum Gasteiger partial charge on any atom is 0.363 e. The second-order valence-electron chi connectivity index (χ2n) is 6.19. The highest BCUT2D eigenvalue weighted by atomic mass is 19.1. The van der Waals surface area contributed by atoms with Crippen LogP contribution >= 0.6 is 0 Å². The van der Waals surface area contributed by atoms with Crippen molar-refractivity contribution in [2.24, 2.45) is 4.99 Å². The molecule has 138 valence electrons. The van der Waals surface area contributed by atoms with Gasteiger partial charge in [-0.1, -0.05) is 42.5 Å². The molecular weight excluding hydrogens is 357 g/mol. The average Bonchev–Trinajstić information content (AvgIpc) is 3.09. The number of nitrogens with zero attached hydrogens (tertiary/aromatic N) is 1. The molecule has 28 heavy (non-hydrogen) atoms. The summed E-state index contributed by atoms with van der Waals surface area (Å²) >= 11 is 0. The molecule has 0 amide bonds. The minimum atomic E-state index is -0.481. The number of rotatable bonds is 5. The number of benzene rings is 3. The first-order chi connectivity index (χ1) is 13.7. The number of carbonyl (C=O) groups is 1. The Morgan fingerprint density at radius 1 is 0.964 bits per heavy atom. The fourth-order valence-electron chi connectivity index (χ4n) is 2.72. The van der Waals surface area contributed by atoms with E-state index in [9.17, 15) is 9.18 Å². The molecule has 1 aliphatic rings. The Hall–Kier alpha value is -3.73. The molecule has 0 fully saturated rings. The topological polar surface area (TPSA) is 47.9 Å². The lowest BCUT2D eigenvalue weighted by molar-refractivity contribution is -0.129. The molecule has 0 aliphatic carbocycles. The van der Waals surface area contributed by atoms with Crippen molar-refractivity contribution in [3.63, 3.8) is 0 Å². The molecule has 0 unspecified atom stereocenters. The van der Waals surface area contributed by atoms with Crippen LogP contribution in [0.3, 0.4) is 0 Å². The van der Waals surface area contributed by atoms with Gasteiger partial charge in [-0.25, -0.2) is 14.2 Å². The van der Waals surface area contributed by atoms with Gasteiger partial charge in [0.2, 0.25) is 5.90 Å². The summed E-state index contributed by atoms with van der Waals surface area (Å²) in [5.41, 5.74) is 2.54. The summed E-state index contributed by atoms with van der Waals surface area (Å²) in [5, 5.41) is 0. The van der Waals surface area contributed by atoms with E-state index in [1.165, 1.54) is 12.1 Å². The number of hydrogen-bond acceptors (Lipinski definition) is 4. The van der Waals surface area contributed by atoms with Gasteiger partial charge in [0.1, 0.15) is 18.2 Å². The first-order valence-corrected chi connectivity index (χ1v) is 8.73. The lowest BCUT2D eigenvalue weighted by atomic mass is 10.2. The Labute approximate surface area is 161 Å². The summed E-state index contributed by atoms with van der Waals surface area (Å²) in [6.45, 7) is 0.273. The summed E-state index contributed by atoms with van der Waals surface area (Å²) in [5.74, 6) is 0.174. The minimum absolute atomic E-state index is 0.243. The summed E-state index contributed by atoms with van der Waals surface area (Å²) in [6.07, 6.45) is 1.66. The van der Waals surface area contributed by atoms with Gasteiger partial charge in [0.25, 0.3) is 0 Å². The number of halogens is 1. The first-order valence-electron chi connectivity index (χ1n) is 8.73. The van der Waals surface area contributed by atoms with Gasteiger partial charge < -0.3 is 9.47 Å². The van der Waals surface area contributed by atoms with Crippen LogP contribution in [0.4, 0.5) is 4.39 Å². The predicted octanol–water partition coefficient (Wildman–Crippen LogP) is 4.75. The zero-order chi connectivity index (χ0) is 19.3. The third-order valence-electron chi connectivity index (χ3n) is 4.12.